The number of ether oxygens (including phenoxy) is 2. The Hall–Kier alpha value is -3.86. The maximum Gasteiger partial charge on any atom is 0.305 e. The summed E-state index contributed by atoms with van der Waals surface area (Å²) in [7, 11) is 0. The van der Waals surface area contributed by atoms with Crippen LogP contribution in [0.2, 0.25) is 0 Å². The third-order valence-electron chi connectivity index (χ3n) is 3.96. The number of amides is 2. The summed E-state index contributed by atoms with van der Waals surface area (Å²) in [4.78, 5) is 39.7. The maximum atomic E-state index is 12.6. The molecule has 0 saturated heterocycles. The molecule has 6 N–H and O–H groups in total. The highest BCUT2D eigenvalue weighted by molar-refractivity contribution is 7.14. The molecule has 0 bridgehead atoms. The number of nitrogens with two attached hydrogens (primary N) is 2. The molecule has 1 aliphatic heterocycles. The SMILES string of the molecule is NC(N)=NC(=O)/C=C/c1ccc(C(=O)N[C@@H](CC(=O)O)c2ccc3c(c2)OCO3)s1. The number of rotatable bonds is 7. The highest BCUT2D eigenvalue weighted by Gasteiger charge is 2.23. The predicted molar refractivity (Wildman–Crippen MR) is 109 cm³/mol. The third-order valence-corrected chi connectivity index (χ3v) is 5.01. The van der Waals surface area contributed by atoms with Crippen LogP contribution in [0.3, 0.4) is 0 Å². The van der Waals surface area contributed by atoms with Gasteiger partial charge in [-0.2, -0.15) is 4.99 Å². The van der Waals surface area contributed by atoms with Crippen LogP contribution in [-0.2, 0) is 9.59 Å². The molecule has 0 radical (unpaired) electrons. The van der Waals surface area contributed by atoms with Crippen molar-refractivity contribution in [2.45, 2.75) is 12.5 Å². The number of hydrogen-bond acceptors (Lipinski definition) is 6. The molecule has 30 heavy (non-hydrogen) atoms. The van der Waals surface area contributed by atoms with Gasteiger partial charge in [0.05, 0.1) is 17.3 Å². The molecule has 0 spiro atoms. The first-order chi connectivity index (χ1) is 14.3. The Balaban J connectivity index is 1.73. The van der Waals surface area contributed by atoms with Crippen LogP contribution < -0.4 is 26.3 Å². The van der Waals surface area contributed by atoms with Crippen LogP contribution in [0.25, 0.3) is 6.08 Å². The van der Waals surface area contributed by atoms with E-state index in [1.807, 2.05) is 0 Å². The summed E-state index contributed by atoms with van der Waals surface area (Å²) in [5, 5.41) is 12.0. The predicted octanol–water partition coefficient (Wildman–Crippen LogP) is 1.24. The number of nitrogens with one attached hydrogen (secondary N) is 1. The number of guanidine groups is 1. The van der Waals surface area contributed by atoms with E-state index in [1.54, 1.807) is 30.3 Å². The summed E-state index contributed by atoms with van der Waals surface area (Å²) in [6.07, 6.45) is 2.34. The lowest BCUT2D eigenvalue weighted by Gasteiger charge is -2.17. The minimum atomic E-state index is -1.06. The van der Waals surface area contributed by atoms with Gasteiger partial charge >= 0.3 is 5.97 Å². The fraction of sp³-hybridized carbons (Fsp3) is 0.158. The zero-order valence-electron chi connectivity index (χ0n) is 15.5. The van der Waals surface area contributed by atoms with E-state index in [-0.39, 0.29) is 19.2 Å². The van der Waals surface area contributed by atoms with Crippen molar-refractivity contribution in [1.82, 2.24) is 5.32 Å². The van der Waals surface area contributed by atoms with Gasteiger partial charge in [0.25, 0.3) is 11.8 Å². The molecule has 10 nitrogen and oxygen atoms in total. The first kappa shape index (κ1) is 20.9. The van der Waals surface area contributed by atoms with Crippen LogP contribution in [-0.4, -0.2) is 35.6 Å². The lowest BCUT2D eigenvalue weighted by atomic mass is 10.0. The van der Waals surface area contributed by atoms with Gasteiger partial charge < -0.3 is 31.4 Å². The topological polar surface area (TPSA) is 166 Å². The van der Waals surface area contributed by atoms with Gasteiger partial charge in [0.2, 0.25) is 6.79 Å². The Kier molecular flexibility index (Phi) is 6.32. The minimum absolute atomic E-state index is 0.0892. The van der Waals surface area contributed by atoms with Gasteiger partial charge in [-0.1, -0.05) is 6.07 Å². The number of thiophene rings is 1. The molecular formula is C19H18N4O6S. The molecule has 0 saturated carbocycles. The van der Waals surface area contributed by atoms with E-state index < -0.39 is 23.8 Å². The molecule has 0 fully saturated rings. The van der Waals surface area contributed by atoms with Gasteiger partial charge in [0, 0.05) is 11.0 Å². The summed E-state index contributed by atoms with van der Waals surface area (Å²) in [6, 6.07) is 7.44. The number of carboxylic acids is 1. The number of aliphatic carboxylic acids is 1. The average Bonchev–Trinajstić information content (AvgIpc) is 3.33. The van der Waals surface area contributed by atoms with Crippen molar-refractivity contribution in [2.75, 3.05) is 6.79 Å². The highest BCUT2D eigenvalue weighted by atomic mass is 32.1. The summed E-state index contributed by atoms with van der Waals surface area (Å²) in [6.45, 7) is 0.0892. The number of carboxylic acid groups (broad SMARTS) is 1. The third kappa shape index (κ3) is 5.35. The zero-order valence-corrected chi connectivity index (χ0v) is 16.3. The molecule has 2 heterocycles. The van der Waals surface area contributed by atoms with Crippen LogP contribution in [0.15, 0.2) is 41.4 Å². The molecule has 156 valence electrons. The van der Waals surface area contributed by atoms with Crippen molar-refractivity contribution in [3.8, 4) is 11.5 Å². The quantitative estimate of drug-likeness (QED) is 0.289. The Morgan fingerprint density at radius 2 is 1.97 bits per heavy atom. The summed E-state index contributed by atoms with van der Waals surface area (Å²) < 4.78 is 10.6. The number of fused-ring (bicyclic) bond motifs is 1. The molecule has 1 aliphatic rings. The molecule has 0 aliphatic carbocycles. The first-order valence-corrected chi connectivity index (χ1v) is 9.47. The van der Waals surface area contributed by atoms with Crippen molar-refractivity contribution in [3.05, 3.63) is 51.7 Å². The number of nitrogens with zero attached hydrogens (tertiary/aromatic N) is 1. The molecule has 2 aromatic rings. The van der Waals surface area contributed by atoms with Crippen molar-refractivity contribution < 1.29 is 29.0 Å². The van der Waals surface area contributed by atoms with Crippen LogP contribution in [0, 0.1) is 0 Å². The van der Waals surface area contributed by atoms with Crippen LogP contribution in [0.5, 0.6) is 11.5 Å². The average molecular weight is 430 g/mol. The zero-order chi connectivity index (χ0) is 21.7. The Bertz CT molecular complexity index is 1040. The summed E-state index contributed by atoms with van der Waals surface area (Å²) in [5.74, 6) is -1.43. The fourth-order valence-electron chi connectivity index (χ4n) is 2.67. The van der Waals surface area contributed by atoms with Gasteiger partial charge in [0.15, 0.2) is 17.5 Å². The maximum absolute atomic E-state index is 12.6. The van der Waals surface area contributed by atoms with E-state index in [0.717, 1.165) is 11.3 Å². The van der Waals surface area contributed by atoms with E-state index in [2.05, 4.69) is 10.3 Å². The number of carbonyl (C=O) groups excluding carboxylic acids is 2. The molecular weight excluding hydrogens is 412 g/mol. The summed E-state index contributed by atoms with van der Waals surface area (Å²) >= 11 is 1.12. The minimum Gasteiger partial charge on any atom is -0.481 e. The van der Waals surface area contributed by atoms with Crippen molar-refractivity contribution in [1.29, 1.82) is 0 Å². The highest BCUT2D eigenvalue weighted by Crippen LogP contribution is 2.35. The van der Waals surface area contributed by atoms with Crippen molar-refractivity contribution in [3.63, 3.8) is 0 Å². The van der Waals surface area contributed by atoms with Crippen LogP contribution >= 0.6 is 11.3 Å². The fourth-order valence-corrected chi connectivity index (χ4v) is 3.48. The number of aliphatic imine (C=N–C) groups is 1. The van der Waals surface area contributed by atoms with Gasteiger partial charge in [-0.05, 0) is 35.9 Å². The van der Waals surface area contributed by atoms with Crippen LogP contribution in [0.4, 0.5) is 0 Å². The second-order valence-electron chi connectivity index (χ2n) is 6.15. The number of carbonyl (C=O) groups is 3. The first-order valence-electron chi connectivity index (χ1n) is 8.65. The molecule has 1 aromatic carbocycles. The van der Waals surface area contributed by atoms with E-state index in [1.165, 1.54) is 12.2 Å². The normalized spacial score (nSPS) is 13.1. The smallest absolute Gasteiger partial charge is 0.305 e. The molecule has 3 rings (SSSR count). The second-order valence-corrected chi connectivity index (χ2v) is 7.26. The Labute approximate surface area is 174 Å². The second kappa shape index (κ2) is 9.09. The number of hydrogen-bond donors (Lipinski definition) is 4. The van der Waals surface area contributed by atoms with Crippen molar-refractivity contribution in [2.24, 2.45) is 16.5 Å². The van der Waals surface area contributed by atoms with E-state index >= 15 is 0 Å². The molecule has 11 heteroatoms. The Morgan fingerprint density at radius 1 is 1.20 bits per heavy atom. The van der Waals surface area contributed by atoms with Crippen molar-refractivity contribution >= 4 is 41.2 Å². The van der Waals surface area contributed by atoms with Crippen LogP contribution in [0.1, 0.15) is 32.6 Å². The van der Waals surface area contributed by atoms with Gasteiger partial charge in [-0.15, -0.1) is 11.3 Å². The summed E-state index contributed by atoms with van der Waals surface area (Å²) in [5.41, 5.74) is 10.8. The lowest BCUT2D eigenvalue weighted by molar-refractivity contribution is -0.137. The molecule has 0 unspecified atom stereocenters. The largest absolute Gasteiger partial charge is 0.481 e. The van der Waals surface area contributed by atoms with E-state index in [9.17, 15) is 19.5 Å². The Morgan fingerprint density at radius 3 is 2.70 bits per heavy atom. The molecule has 1 atom stereocenters. The molecule has 1 aromatic heterocycles. The van der Waals surface area contributed by atoms with Gasteiger partial charge in [-0.25, -0.2) is 0 Å². The van der Waals surface area contributed by atoms with Gasteiger partial charge in [-0.3, -0.25) is 14.4 Å². The monoisotopic (exact) mass is 430 g/mol. The van der Waals surface area contributed by atoms with E-state index in [4.69, 9.17) is 20.9 Å². The van der Waals surface area contributed by atoms with E-state index in [0.29, 0.717) is 26.8 Å². The standard InChI is InChI=1S/C19H18N4O6S/c20-19(21)23-16(24)6-3-11-2-5-15(30-11)18(27)22-12(8-17(25)26)10-1-4-13-14(7-10)29-9-28-13/h1-7,12H,8-9H2,(H,22,27)(H,25,26)(H4,20,21,23,24)/b6-3+/t12-/m0/s1. The number of benzene rings is 1. The van der Waals surface area contributed by atoms with Gasteiger partial charge in [0.1, 0.15) is 0 Å². The lowest BCUT2D eigenvalue weighted by Crippen LogP contribution is -2.29. The molecule has 2 amide bonds.